The first kappa shape index (κ1) is 19.4. The van der Waals surface area contributed by atoms with Crippen LogP contribution in [0.1, 0.15) is 38.0 Å². The first-order valence-corrected chi connectivity index (χ1v) is 8.80. The van der Waals surface area contributed by atoms with Crippen molar-refractivity contribution in [2.24, 2.45) is 0 Å². The number of carbonyl (C=O) groups excluding carboxylic acids is 3. The molecule has 0 bridgehead atoms. The maximum absolute atomic E-state index is 12.4. The number of imide groups is 1. The van der Waals surface area contributed by atoms with Gasteiger partial charge in [-0.2, -0.15) is 0 Å². The van der Waals surface area contributed by atoms with Gasteiger partial charge in [-0.25, -0.2) is 0 Å². The Bertz CT molecular complexity index is 903. The quantitative estimate of drug-likeness (QED) is 0.586. The Hall–Kier alpha value is -2.41. The Morgan fingerprint density at radius 3 is 2.26 bits per heavy atom. The van der Waals surface area contributed by atoms with Crippen molar-refractivity contribution in [3.8, 4) is 5.75 Å². The van der Waals surface area contributed by atoms with E-state index in [1.807, 2.05) is 0 Å². The lowest BCUT2D eigenvalue weighted by Crippen LogP contribution is -2.39. The van der Waals surface area contributed by atoms with E-state index >= 15 is 0 Å². The van der Waals surface area contributed by atoms with E-state index in [-0.39, 0.29) is 40.1 Å². The Kier molecular flexibility index (Phi) is 5.51. The number of ketones is 1. The second-order valence-electron chi connectivity index (χ2n) is 6.08. The molecule has 6 nitrogen and oxygen atoms in total. The van der Waals surface area contributed by atoms with Crippen LogP contribution in [-0.2, 0) is 0 Å². The fourth-order valence-electron chi connectivity index (χ4n) is 2.71. The molecule has 0 aromatic heterocycles. The van der Waals surface area contributed by atoms with Crippen molar-refractivity contribution in [3.05, 3.63) is 63.1 Å². The van der Waals surface area contributed by atoms with Gasteiger partial charge in [-0.3, -0.25) is 19.3 Å². The molecule has 1 aliphatic rings. The van der Waals surface area contributed by atoms with Crippen LogP contribution >= 0.6 is 23.2 Å². The number of ether oxygens (including phenoxy) is 1. The van der Waals surface area contributed by atoms with Gasteiger partial charge in [0.25, 0.3) is 11.8 Å². The average molecular weight is 408 g/mol. The Labute approximate surface area is 165 Å². The number of β-amino-alcohol motifs (C(OH)–C–C–N with tert-alkyl or cyclic N) is 1. The summed E-state index contributed by atoms with van der Waals surface area (Å²) in [6, 6.07) is 9.20. The van der Waals surface area contributed by atoms with Crippen LogP contribution in [0.5, 0.6) is 5.75 Å². The lowest BCUT2D eigenvalue weighted by atomic mass is 10.1. The normalized spacial score (nSPS) is 14.3. The Morgan fingerprint density at radius 1 is 1.11 bits per heavy atom. The smallest absolute Gasteiger partial charge is 0.261 e. The molecule has 1 atom stereocenters. The monoisotopic (exact) mass is 407 g/mol. The Morgan fingerprint density at radius 2 is 1.70 bits per heavy atom. The molecule has 3 rings (SSSR count). The van der Waals surface area contributed by atoms with E-state index in [2.05, 4.69) is 0 Å². The van der Waals surface area contributed by atoms with Crippen LogP contribution in [0.15, 0.2) is 36.4 Å². The Balaban J connectivity index is 1.65. The van der Waals surface area contributed by atoms with Crippen molar-refractivity contribution in [2.45, 2.75) is 13.0 Å². The highest BCUT2D eigenvalue weighted by atomic mass is 35.5. The molecule has 0 aliphatic carbocycles. The molecule has 0 spiro atoms. The molecule has 0 saturated heterocycles. The molecular weight excluding hydrogens is 393 g/mol. The summed E-state index contributed by atoms with van der Waals surface area (Å²) < 4.78 is 5.46. The average Bonchev–Trinajstić information content (AvgIpc) is 2.85. The van der Waals surface area contributed by atoms with Crippen molar-refractivity contribution in [3.63, 3.8) is 0 Å². The zero-order valence-corrected chi connectivity index (χ0v) is 15.8. The van der Waals surface area contributed by atoms with Gasteiger partial charge in [0.05, 0.1) is 27.7 Å². The first-order chi connectivity index (χ1) is 12.8. The molecule has 27 heavy (non-hydrogen) atoms. The molecule has 0 fully saturated rings. The minimum atomic E-state index is -1.11. The van der Waals surface area contributed by atoms with E-state index in [9.17, 15) is 19.5 Å². The summed E-state index contributed by atoms with van der Waals surface area (Å²) in [5.74, 6) is -0.801. The van der Waals surface area contributed by atoms with Crippen LogP contribution in [0.2, 0.25) is 10.0 Å². The third-order valence-electron chi connectivity index (χ3n) is 4.09. The van der Waals surface area contributed by atoms with E-state index in [0.717, 1.165) is 4.90 Å². The summed E-state index contributed by atoms with van der Waals surface area (Å²) in [5.41, 5.74) is 0.782. The maximum atomic E-state index is 12.4. The largest absolute Gasteiger partial charge is 0.491 e. The highest BCUT2D eigenvalue weighted by molar-refractivity contribution is 6.43. The molecule has 2 aromatic carbocycles. The van der Waals surface area contributed by atoms with Crippen molar-refractivity contribution in [1.29, 1.82) is 0 Å². The fourth-order valence-corrected chi connectivity index (χ4v) is 3.04. The lowest BCUT2D eigenvalue weighted by Gasteiger charge is -2.19. The van der Waals surface area contributed by atoms with Gasteiger partial charge in [-0.15, -0.1) is 0 Å². The van der Waals surface area contributed by atoms with Crippen molar-refractivity contribution in [2.75, 3.05) is 13.2 Å². The number of aliphatic hydroxyl groups is 1. The van der Waals surface area contributed by atoms with Crippen LogP contribution in [0, 0.1) is 0 Å². The van der Waals surface area contributed by atoms with Crippen molar-refractivity contribution in [1.82, 2.24) is 4.90 Å². The number of hydrogen-bond acceptors (Lipinski definition) is 5. The van der Waals surface area contributed by atoms with Crippen LogP contribution in [-0.4, -0.2) is 46.9 Å². The number of amides is 2. The van der Waals surface area contributed by atoms with Gasteiger partial charge < -0.3 is 9.84 Å². The molecule has 8 heteroatoms. The molecule has 0 radical (unpaired) electrons. The third-order valence-corrected chi connectivity index (χ3v) is 4.81. The van der Waals surface area contributed by atoms with Crippen LogP contribution in [0.4, 0.5) is 0 Å². The third kappa shape index (κ3) is 3.98. The van der Waals surface area contributed by atoms with Crippen molar-refractivity contribution >= 4 is 40.8 Å². The number of halogens is 2. The molecule has 1 N–H and O–H groups in total. The molecule has 0 saturated carbocycles. The lowest BCUT2D eigenvalue weighted by molar-refractivity contribution is 0.0456. The van der Waals surface area contributed by atoms with E-state index < -0.39 is 17.9 Å². The number of nitrogens with zero attached hydrogens (tertiary/aromatic N) is 1. The molecule has 1 heterocycles. The topological polar surface area (TPSA) is 83.9 Å². The zero-order chi connectivity index (χ0) is 19.7. The molecule has 140 valence electrons. The number of benzene rings is 2. The summed E-state index contributed by atoms with van der Waals surface area (Å²) in [6.45, 7) is 1.04. The van der Waals surface area contributed by atoms with Crippen molar-refractivity contribution < 1.29 is 24.2 Å². The minimum absolute atomic E-state index is 0.107. The number of fused-ring (bicyclic) bond motifs is 1. The zero-order valence-electron chi connectivity index (χ0n) is 14.2. The minimum Gasteiger partial charge on any atom is -0.491 e. The van der Waals surface area contributed by atoms with Gasteiger partial charge in [0.15, 0.2) is 5.78 Å². The summed E-state index contributed by atoms with van der Waals surface area (Å²) >= 11 is 11.8. The number of hydrogen-bond donors (Lipinski definition) is 1. The van der Waals surface area contributed by atoms with Gasteiger partial charge >= 0.3 is 0 Å². The molecule has 1 aliphatic heterocycles. The molecule has 0 unspecified atom stereocenters. The highest BCUT2D eigenvalue weighted by Crippen LogP contribution is 2.31. The van der Waals surface area contributed by atoms with Gasteiger partial charge in [-0.1, -0.05) is 35.3 Å². The standard InChI is InChI=1S/C19H15Cl2NO5/c1-10(23)11-3-2-4-13(5-11)27-9-12(24)8-22-18(25)14-6-16(20)17(21)7-15(14)19(22)26/h2-7,12,24H,8-9H2,1H3/t12-/m1/s1. The number of rotatable bonds is 6. The fraction of sp³-hybridized carbons (Fsp3) is 0.211. The second kappa shape index (κ2) is 7.68. The van der Waals surface area contributed by atoms with E-state index in [1.54, 1.807) is 24.3 Å². The summed E-state index contributed by atoms with van der Waals surface area (Å²) in [5, 5.41) is 10.5. The number of Topliss-reactive ketones (excluding diaryl/α,β-unsaturated/α-hetero) is 1. The first-order valence-electron chi connectivity index (χ1n) is 8.05. The summed E-state index contributed by atoms with van der Waals surface area (Å²) in [6.07, 6.45) is -1.11. The van der Waals surface area contributed by atoms with Crippen LogP contribution in [0.25, 0.3) is 0 Å². The number of aliphatic hydroxyl groups excluding tert-OH is 1. The van der Waals surface area contributed by atoms with E-state index in [1.165, 1.54) is 19.1 Å². The second-order valence-corrected chi connectivity index (χ2v) is 6.90. The highest BCUT2D eigenvalue weighted by Gasteiger charge is 2.37. The van der Waals surface area contributed by atoms with Gasteiger partial charge in [0.2, 0.25) is 0 Å². The van der Waals surface area contributed by atoms with E-state index in [0.29, 0.717) is 11.3 Å². The maximum Gasteiger partial charge on any atom is 0.261 e. The molecule has 2 amide bonds. The predicted molar refractivity (Wildman–Crippen MR) is 99.8 cm³/mol. The summed E-state index contributed by atoms with van der Waals surface area (Å²) in [7, 11) is 0. The predicted octanol–water partition coefficient (Wildman–Crippen LogP) is 3.23. The summed E-state index contributed by atoms with van der Waals surface area (Å²) in [4.78, 5) is 37.1. The molecule has 2 aromatic rings. The van der Waals surface area contributed by atoms with Crippen LogP contribution in [0.3, 0.4) is 0 Å². The van der Waals surface area contributed by atoms with Crippen LogP contribution < -0.4 is 4.74 Å². The SMILES string of the molecule is CC(=O)c1cccc(OC[C@H](O)CN2C(=O)c3cc(Cl)c(Cl)cc3C2=O)c1. The van der Waals surface area contributed by atoms with Gasteiger partial charge in [0.1, 0.15) is 18.5 Å². The van der Waals surface area contributed by atoms with Gasteiger partial charge in [0, 0.05) is 5.56 Å². The van der Waals surface area contributed by atoms with Gasteiger partial charge in [-0.05, 0) is 31.2 Å². The molecular formula is C19H15Cl2NO5. The van der Waals surface area contributed by atoms with E-state index in [4.69, 9.17) is 27.9 Å². The number of carbonyl (C=O) groups is 3.